The number of nitrogens with zero attached hydrogens (tertiary/aromatic N) is 6. The molecule has 0 atom stereocenters. The molecule has 0 aliphatic rings. The summed E-state index contributed by atoms with van der Waals surface area (Å²) in [6.45, 7) is 0. The third-order valence-electron chi connectivity index (χ3n) is 24.2. The lowest BCUT2D eigenvalue weighted by molar-refractivity contribution is 1.19. The normalized spacial score (nSPS) is 11.3. The van der Waals surface area contributed by atoms with Gasteiger partial charge >= 0.3 is 0 Å². The summed E-state index contributed by atoms with van der Waals surface area (Å²) < 4.78 is 0. The van der Waals surface area contributed by atoms with Gasteiger partial charge in [-0.3, -0.25) is 0 Å². The Balaban J connectivity index is 0.000000150. The average molecular weight is 1600 g/mol. The van der Waals surface area contributed by atoms with Crippen LogP contribution >= 0.6 is 0 Å². The van der Waals surface area contributed by atoms with Crippen molar-refractivity contribution >= 4 is 64.9 Å². The highest BCUT2D eigenvalue weighted by molar-refractivity contribution is 6.16. The van der Waals surface area contributed by atoms with Crippen molar-refractivity contribution in [1.82, 2.24) is 29.9 Å². The van der Waals surface area contributed by atoms with Gasteiger partial charge in [0.2, 0.25) is 0 Å². The van der Waals surface area contributed by atoms with Crippen LogP contribution in [0.2, 0.25) is 0 Å². The van der Waals surface area contributed by atoms with Crippen molar-refractivity contribution in [2.45, 2.75) is 0 Å². The van der Waals surface area contributed by atoms with Crippen LogP contribution in [0.5, 0.6) is 0 Å². The second-order valence-electron chi connectivity index (χ2n) is 31.9. The Morgan fingerprint density at radius 2 is 0.349 bits per heavy atom. The molecule has 19 aromatic carbocycles. The predicted molar refractivity (Wildman–Crippen MR) is 526 cm³/mol. The Bertz CT molecular complexity index is 7960. The van der Waals surface area contributed by atoms with E-state index in [9.17, 15) is 0 Å². The lowest BCUT2D eigenvalue weighted by Gasteiger charge is -2.16. The number of fused-ring (bicyclic) bond motifs is 8. The van der Waals surface area contributed by atoms with Crippen LogP contribution in [0.3, 0.4) is 0 Å². The SMILES string of the molecule is c1ccc(-c2cccc(-c3cc(-c4cccc(-c5ccccc5)c4)nc(-c4ccc(-c5cccc(-c6cc(-c7ccccc7)nc7ccc8ccccc8c67)c5)c5ccccc45)n3)c2)cc1.c1ccc(-c2cccc(-c3cc(-c4ccccc4)nc(-c4ccc(-c5cccc(-c6cc(-c7ccccc7)nc7ccc8ccccc8c67)c5)c5ccccc45)n3)c2)cc1. The van der Waals surface area contributed by atoms with Gasteiger partial charge in [-0.05, 0) is 200 Å². The first-order valence-corrected chi connectivity index (χ1v) is 42.8. The quantitative estimate of drug-likeness (QED) is 0.0952. The topological polar surface area (TPSA) is 77.3 Å². The highest BCUT2D eigenvalue weighted by Crippen LogP contribution is 2.45. The smallest absolute Gasteiger partial charge is 0.161 e. The number of hydrogen-bond donors (Lipinski definition) is 0. The van der Waals surface area contributed by atoms with E-state index in [1.807, 2.05) is 12.1 Å². The monoisotopic (exact) mass is 1600 g/mol. The zero-order valence-corrected chi connectivity index (χ0v) is 68.7. The Morgan fingerprint density at radius 3 is 0.683 bits per heavy atom. The number of rotatable bonds is 15. The largest absolute Gasteiger partial charge is 0.248 e. The van der Waals surface area contributed by atoms with E-state index in [0.29, 0.717) is 11.6 Å². The first-order valence-electron chi connectivity index (χ1n) is 42.8. The highest BCUT2D eigenvalue weighted by atomic mass is 14.9. The lowest BCUT2D eigenvalue weighted by atomic mass is 9.90. The lowest BCUT2D eigenvalue weighted by Crippen LogP contribution is -1.97. The Morgan fingerprint density at radius 1 is 0.119 bits per heavy atom. The molecule has 0 fully saturated rings. The van der Waals surface area contributed by atoms with Gasteiger partial charge < -0.3 is 0 Å². The summed E-state index contributed by atoms with van der Waals surface area (Å²) in [6, 6.07) is 168. The van der Waals surface area contributed by atoms with Crippen LogP contribution in [0.15, 0.2) is 473 Å². The maximum Gasteiger partial charge on any atom is 0.161 e. The van der Waals surface area contributed by atoms with Gasteiger partial charge in [-0.15, -0.1) is 0 Å². The molecular formula is C120H78N6. The maximum atomic E-state index is 5.39. The van der Waals surface area contributed by atoms with Crippen LogP contribution in [0.25, 0.3) is 233 Å². The molecule has 23 aromatic rings. The van der Waals surface area contributed by atoms with Gasteiger partial charge in [0.25, 0.3) is 0 Å². The first kappa shape index (κ1) is 75.4. The molecule has 0 N–H and O–H groups in total. The number of benzene rings is 19. The molecule has 0 bridgehead atoms. The Hall–Kier alpha value is -16.8. The standard InChI is InChI=1S/C63H41N3.C57H37N3/c1-4-17-42(18-5-1)46-24-14-28-50(37-46)60-41-61(51-29-15-25-47(38-51)43-19-6-2-7-20-43)66-63(65-60)56-35-34-52(54-31-12-13-32-55(54)56)48-26-16-27-49(39-48)57-40-59(45-22-8-3-9-23-45)64-58-36-33-44-21-10-11-30-53(44)62(57)58;1-4-16-38(17-5-1)42-23-14-26-45(34-42)55-37-54(41-21-8-3-9-22-41)59-57(60-55)50-32-31-46(48-28-12-13-29-49(48)50)43-24-15-25-44(35-43)51-36-53(40-19-6-2-7-20-40)58-52-33-30-39-18-10-11-27-47(39)56(51)52/h1-41H;1-37H. The maximum absolute atomic E-state index is 5.39. The fraction of sp³-hybridized carbons (Fsp3) is 0. The Kier molecular flexibility index (Phi) is 19.9. The van der Waals surface area contributed by atoms with Gasteiger partial charge in [-0.25, -0.2) is 29.9 Å². The molecule has 0 saturated carbocycles. The number of pyridine rings is 2. The summed E-state index contributed by atoms with van der Waals surface area (Å²) in [6.07, 6.45) is 0. The Labute approximate surface area is 731 Å². The van der Waals surface area contributed by atoms with E-state index < -0.39 is 0 Å². The zero-order valence-electron chi connectivity index (χ0n) is 68.7. The molecule has 0 amide bonds. The van der Waals surface area contributed by atoms with Gasteiger partial charge in [-0.1, -0.05) is 394 Å². The number of hydrogen-bond acceptors (Lipinski definition) is 6. The highest BCUT2D eigenvalue weighted by Gasteiger charge is 2.23. The first-order chi connectivity index (χ1) is 62.4. The van der Waals surface area contributed by atoms with Gasteiger partial charge in [0.05, 0.1) is 45.2 Å². The summed E-state index contributed by atoms with van der Waals surface area (Å²) >= 11 is 0. The van der Waals surface area contributed by atoms with Crippen LogP contribution in [0.4, 0.5) is 0 Å². The minimum absolute atomic E-state index is 0.679. The molecule has 0 aliphatic heterocycles. The number of aromatic nitrogens is 6. The fourth-order valence-corrected chi connectivity index (χ4v) is 18.0. The fourth-order valence-electron chi connectivity index (χ4n) is 18.0. The average Bonchev–Trinajstić information content (AvgIpc) is 0.754. The van der Waals surface area contributed by atoms with E-state index in [2.05, 4.69) is 461 Å². The molecule has 6 heteroatoms. The van der Waals surface area contributed by atoms with E-state index in [1.54, 1.807) is 0 Å². The van der Waals surface area contributed by atoms with Crippen LogP contribution in [0.1, 0.15) is 0 Å². The predicted octanol–water partition coefficient (Wildman–Crippen LogP) is 31.7. The molecule has 6 nitrogen and oxygen atoms in total. The van der Waals surface area contributed by atoms with Crippen molar-refractivity contribution < 1.29 is 0 Å². The second-order valence-corrected chi connectivity index (χ2v) is 31.9. The van der Waals surface area contributed by atoms with Crippen LogP contribution in [-0.4, -0.2) is 29.9 Å². The van der Waals surface area contributed by atoms with Crippen molar-refractivity contribution in [2.24, 2.45) is 0 Å². The van der Waals surface area contributed by atoms with Crippen LogP contribution in [-0.2, 0) is 0 Å². The van der Waals surface area contributed by atoms with Gasteiger partial charge in [0, 0.05) is 55.3 Å². The van der Waals surface area contributed by atoms with Crippen molar-refractivity contribution in [1.29, 1.82) is 0 Å². The molecule has 0 radical (unpaired) electrons. The summed E-state index contributed by atoms with van der Waals surface area (Å²) in [5, 5.41) is 11.6. The van der Waals surface area contributed by atoms with Gasteiger partial charge in [0.1, 0.15) is 0 Å². The third-order valence-corrected chi connectivity index (χ3v) is 24.2. The van der Waals surface area contributed by atoms with Crippen LogP contribution in [0, 0.1) is 0 Å². The molecule has 0 unspecified atom stereocenters. The molecule has 126 heavy (non-hydrogen) atoms. The molecule has 4 aromatic heterocycles. The zero-order chi connectivity index (χ0) is 83.6. The minimum Gasteiger partial charge on any atom is -0.248 e. The van der Waals surface area contributed by atoms with Crippen molar-refractivity contribution in [2.75, 3.05) is 0 Å². The van der Waals surface area contributed by atoms with E-state index in [4.69, 9.17) is 29.9 Å². The summed E-state index contributed by atoms with van der Waals surface area (Å²) in [4.78, 5) is 31.8. The summed E-state index contributed by atoms with van der Waals surface area (Å²) in [5.41, 5.74) is 31.8. The van der Waals surface area contributed by atoms with Gasteiger partial charge in [-0.2, -0.15) is 0 Å². The van der Waals surface area contributed by atoms with Gasteiger partial charge in [0.15, 0.2) is 11.6 Å². The van der Waals surface area contributed by atoms with Crippen molar-refractivity contribution in [3.63, 3.8) is 0 Å². The molecule has 4 heterocycles. The minimum atomic E-state index is 0.679. The molecule has 23 rings (SSSR count). The summed E-state index contributed by atoms with van der Waals surface area (Å²) in [7, 11) is 0. The molecule has 0 aliphatic carbocycles. The van der Waals surface area contributed by atoms with E-state index in [-0.39, 0.29) is 0 Å². The van der Waals surface area contributed by atoms with E-state index in [1.165, 1.54) is 27.1 Å². The van der Waals surface area contributed by atoms with Crippen LogP contribution < -0.4 is 0 Å². The van der Waals surface area contributed by atoms with E-state index >= 15 is 0 Å². The molecule has 0 saturated heterocycles. The molecule has 0 spiro atoms. The van der Waals surface area contributed by atoms with E-state index in [0.717, 1.165) is 194 Å². The molecular weight excluding hydrogens is 1530 g/mol. The third kappa shape index (κ3) is 14.9. The summed E-state index contributed by atoms with van der Waals surface area (Å²) in [5.74, 6) is 1.37. The molecule has 588 valence electrons. The van der Waals surface area contributed by atoms with Crippen molar-refractivity contribution in [3.8, 4) is 168 Å². The van der Waals surface area contributed by atoms with Crippen molar-refractivity contribution in [3.05, 3.63) is 473 Å². The second kappa shape index (κ2) is 33.3.